The third-order valence-corrected chi connectivity index (χ3v) is 8.51. The Labute approximate surface area is 177 Å². The van der Waals surface area contributed by atoms with Gasteiger partial charge in [0.2, 0.25) is 5.91 Å². The number of carbonyl (C=O) groups is 2. The van der Waals surface area contributed by atoms with Crippen molar-refractivity contribution in [1.82, 2.24) is 10.6 Å². The summed E-state index contributed by atoms with van der Waals surface area (Å²) in [5.41, 5.74) is -0.807. The van der Waals surface area contributed by atoms with Gasteiger partial charge in [0, 0.05) is 18.5 Å². The Morgan fingerprint density at radius 3 is 2.59 bits per heavy atom. The lowest BCUT2D eigenvalue weighted by molar-refractivity contribution is -0.123. The fourth-order valence-electron chi connectivity index (χ4n) is 5.94. The minimum atomic E-state index is -0.672. The Bertz CT molecular complexity index is 769. The highest BCUT2D eigenvalue weighted by atomic mass is 32.1. The van der Waals surface area contributed by atoms with Gasteiger partial charge in [0.15, 0.2) is 0 Å². The Kier molecular flexibility index (Phi) is 5.31. The maximum atomic E-state index is 12.9. The van der Waals surface area contributed by atoms with E-state index >= 15 is 0 Å². The molecule has 0 bridgehead atoms. The van der Waals surface area contributed by atoms with Crippen molar-refractivity contribution >= 4 is 23.2 Å². The number of thiophene rings is 1. The third kappa shape index (κ3) is 4.24. The molecule has 29 heavy (non-hydrogen) atoms. The van der Waals surface area contributed by atoms with Crippen LogP contribution in [0.3, 0.4) is 0 Å². The number of nitrogens with one attached hydrogen (secondary N) is 2. The largest absolute Gasteiger partial charge is 0.390 e. The first-order chi connectivity index (χ1) is 13.6. The Morgan fingerprint density at radius 1 is 1.17 bits per heavy atom. The summed E-state index contributed by atoms with van der Waals surface area (Å²) < 4.78 is 0. The van der Waals surface area contributed by atoms with Gasteiger partial charge in [-0.05, 0) is 80.1 Å². The van der Waals surface area contributed by atoms with E-state index in [2.05, 4.69) is 24.5 Å². The highest BCUT2D eigenvalue weighted by Gasteiger charge is 2.61. The summed E-state index contributed by atoms with van der Waals surface area (Å²) in [4.78, 5) is 26.1. The average Bonchev–Trinajstić information content (AvgIpc) is 3.21. The van der Waals surface area contributed by atoms with Crippen LogP contribution in [-0.4, -0.2) is 34.6 Å². The van der Waals surface area contributed by atoms with Crippen molar-refractivity contribution in [3.8, 4) is 0 Å². The summed E-state index contributed by atoms with van der Waals surface area (Å²) in [6, 6.07) is 4.16. The lowest BCUT2D eigenvalue weighted by atomic mass is 9.57. The average molecular weight is 419 g/mol. The van der Waals surface area contributed by atoms with E-state index < -0.39 is 5.60 Å². The van der Waals surface area contributed by atoms with E-state index in [1.54, 1.807) is 0 Å². The minimum Gasteiger partial charge on any atom is -0.390 e. The molecule has 0 saturated heterocycles. The van der Waals surface area contributed by atoms with E-state index in [0.717, 1.165) is 49.8 Å². The predicted molar refractivity (Wildman–Crippen MR) is 115 cm³/mol. The van der Waals surface area contributed by atoms with E-state index in [0.29, 0.717) is 12.5 Å². The van der Waals surface area contributed by atoms with Crippen LogP contribution >= 0.6 is 11.3 Å². The predicted octanol–water partition coefficient (Wildman–Crippen LogP) is 3.87. The maximum absolute atomic E-state index is 12.9. The molecule has 3 fully saturated rings. The van der Waals surface area contributed by atoms with Gasteiger partial charge in [-0.3, -0.25) is 9.59 Å². The summed E-state index contributed by atoms with van der Waals surface area (Å²) in [6.07, 6.45) is 6.63. The minimum absolute atomic E-state index is 0.00474. The molecule has 0 aliphatic heterocycles. The number of hydrogen-bond acceptors (Lipinski definition) is 4. The molecule has 4 atom stereocenters. The van der Waals surface area contributed by atoms with Gasteiger partial charge in [0.25, 0.3) is 5.91 Å². The summed E-state index contributed by atoms with van der Waals surface area (Å²) >= 11 is 1.46. The molecule has 0 radical (unpaired) electrons. The molecule has 3 saturated carbocycles. The zero-order chi connectivity index (χ0) is 20.9. The highest BCUT2D eigenvalue weighted by Crippen LogP contribution is 2.63. The Hall–Kier alpha value is -1.40. The molecule has 0 aromatic carbocycles. The van der Waals surface area contributed by atoms with Gasteiger partial charge in [-0.25, -0.2) is 0 Å². The van der Waals surface area contributed by atoms with Gasteiger partial charge in [-0.2, -0.15) is 0 Å². The second kappa shape index (κ2) is 7.38. The SMILES string of the molecule is CC1(C)C[C@H](NC(=O)c2cccs2)[C@@]2(CCC(=O)NC3CC3)CC[C@](C)(O)C[C@@H]12. The zero-order valence-electron chi connectivity index (χ0n) is 17.8. The maximum Gasteiger partial charge on any atom is 0.261 e. The Morgan fingerprint density at radius 2 is 1.93 bits per heavy atom. The Balaban J connectivity index is 1.57. The van der Waals surface area contributed by atoms with Crippen LogP contribution in [0.15, 0.2) is 17.5 Å². The van der Waals surface area contributed by atoms with Gasteiger partial charge in [-0.15, -0.1) is 11.3 Å². The van der Waals surface area contributed by atoms with E-state index in [4.69, 9.17) is 0 Å². The van der Waals surface area contributed by atoms with E-state index in [1.807, 2.05) is 24.4 Å². The lowest BCUT2D eigenvalue weighted by Crippen LogP contribution is -2.52. The van der Waals surface area contributed by atoms with E-state index in [1.165, 1.54) is 11.3 Å². The lowest BCUT2D eigenvalue weighted by Gasteiger charge is -2.50. The zero-order valence-corrected chi connectivity index (χ0v) is 18.6. The van der Waals surface area contributed by atoms with Crippen LogP contribution in [0.5, 0.6) is 0 Å². The van der Waals surface area contributed by atoms with Crippen LogP contribution in [0.25, 0.3) is 0 Å². The number of rotatable bonds is 6. The molecule has 3 aliphatic carbocycles. The molecule has 4 rings (SSSR count). The molecule has 1 heterocycles. The van der Waals surface area contributed by atoms with E-state index in [9.17, 15) is 14.7 Å². The summed E-state index contributed by atoms with van der Waals surface area (Å²) in [5.74, 6) is 0.396. The molecule has 6 heteroatoms. The van der Waals surface area contributed by atoms with Crippen molar-refractivity contribution in [1.29, 1.82) is 0 Å². The summed E-state index contributed by atoms with van der Waals surface area (Å²) in [5, 5.41) is 19.2. The molecular formula is C23H34N2O3S. The van der Waals surface area contributed by atoms with Crippen LogP contribution in [0, 0.1) is 16.7 Å². The van der Waals surface area contributed by atoms with Crippen LogP contribution in [0.1, 0.15) is 81.8 Å². The normalized spacial score (nSPS) is 35.7. The van der Waals surface area contributed by atoms with Crippen LogP contribution in [0.2, 0.25) is 0 Å². The molecule has 0 spiro atoms. The number of amides is 2. The quantitative estimate of drug-likeness (QED) is 0.656. The van der Waals surface area contributed by atoms with Crippen molar-refractivity contribution in [3.63, 3.8) is 0 Å². The molecule has 3 N–H and O–H groups in total. The van der Waals surface area contributed by atoms with Crippen molar-refractivity contribution in [2.24, 2.45) is 16.7 Å². The number of carbonyl (C=O) groups excluding carboxylic acids is 2. The number of aliphatic hydroxyl groups is 1. The highest BCUT2D eigenvalue weighted by molar-refractivity contribution is 7.12. The summed E-state index contributed by atoms with van der Waals surface area (Å²) in [6.45, 7) is 6.45. The van der Waals surface area contributed by atoms with Gasteiger partial charge in [0.05, 0.1) is 10.5 Å². The molecule has 1 aromatic heterocycles. The first-order valence-electron chi connectivity index (χ1n) is 11.0. The molecule has 1 aromatic rings. The van der Waals surface area contributed by atoms with Crippen LogP contribution in [-0.2, 0) is 4.79 Å². The van der Waals surface area contributed by atoms with Gasteiger partial charge in [0.1, 0.15) is 0 Å². The second-order valence-electron chi connectivity index (χ2n) is 10.5. The van der Waals surface area contributed by atoms with Crippen molar-refractivity contribution < 1.29 is 14.7 Å². The monoisotopic (exact) mass is 418 g/mol. The van der Waals surface area contributed by atoms with E-state index in [-0.39, 0.29) is 34.6 Å². The van der Waals surface area contributed by atoms with Gasteiger partial charge >= 0.3 is 0 Å². The van der Waals surface area contributed by atoms with Crippen molar-refractivity contribution in [2.45, 2.75) is 89.8 Å². The molecule has 3 aliphatic rings. The molecular weight excluding hydrogens is 384 g/mol. The second-order valence-corrected chi connectivity index (χ2v) is 11.5. The first-order valence-corrected chi connectivity index (χ1v) is 11.9. The van der Waals surface area contributed by atoms with Gasteiger partial charge < -0.3 is 15.7 Å². The van der Waals surface area contributed by atoms with Gasteiger partial charge in [-0.1, -0.05) is 19.9 Å². The molecule has 160 valence electrons. The smallest absolute Gasteiger partial charge is 0.261 e. The fraction of sp³-hybridized carbons (Fsp3) is 0.739. The third-order valence-electron chi connectivity index (χ3n) is 7.64. The molecule has 2 amide bonds. The number of hydrogen-bond donors (Lipinski definition) is 3. The standard InChI is InChI=1S/C23H34N2O3S/c1-21(2)14-18(25-20(27)16-5-4-12-29-16)23(9-8-19(26)24-15-6-7-15)11-10-22(3,28)13-17(21)23/h4-5,12,15,17-18,28H,6-11,13-14H2,1-3H3,(H,24,26)(H,25,27)/t17-,18-,22-,23-/m0/s1. The number of fused-ring (bicyclic) bond motifs is 1. The van der Waals surface area contributed by atoms with Crippen LogP contribution < -0.4 is 10.6 Å². The molecule has 0 unspecified atom stereocenters. The van der Waals surface area contributed by atoms with Crippen molar-refractivity contribution in [2.75, 3.05) is 0 Å². The van der Waals surface area contributed by atoms with Crippen LogP contribution in [0.4, 0.5) is 0 Å². The van der Waals surface area contributed by atoms with Crippen molar-refractivity contribution in [3.05, 3.63) is 22.4 Å². The molecule has 5 nitrogen and oxygen atoms in total. The topological polar surface area (TPSA) is 78.4 Å². The fourth-order valence-corrected chi connectivity index (χ4v) is 6.57. The summed E-state index contributed by atoms with van der Waals surface area (Å²) in [7, 11) is 0. The first kappa shape index (κ1) is 20.9.